The molecule has 0 radical (unpaired) electrons. The molecule has 1 aromatic carbocycles. The Bertz CT molecular complexity index is 399. The van der Waals surface area contributed by atoms with E-state index in [2.05, 4.69) is 5.32 Å². The van der Waals surface area contributed by atoms with E-state index in [9.17, 15) is 4.79 Å². The molecule has 6 heteroatoms. The van der Waals surface area contributed by atoms with Gasteiger partial charge in [-0.05, 0) is 24.1 Å². The number of hydrogen-bond acceptors (Lipinski definition) is 4. The number of nitrogen functional groups attached to an aromatic ring is 1. The van der Waals surface area contributed by atoms with Crippen molar-refractivity contribution in [1.82, 2.24) is 5.32 Å². The van der Waals surface area contributed by atoms with Crippen LogP contribution in [0.4, 0.5) is 10.5 Å². The summed E-state index contributed by atoms with van der Waals surface area (Å²) in [5, 5.41) is 2.99. The second-order valence-electron chi connectivity index (χ2n) is 3.60. The summed E-state index contributed by atoms with van der Waals surface area (Å²) in [5.41, 5.74) is 7.22. The minimum absolute atomic E-state index is 0.231. The highest BCUT2D eigenvalue weighted by Gasteiger charge is 2.01. The van der Waals surface area contributed by atoms with Crippen LogP contribution in [0.15, 0.2) is 18.2 Å². The predicted molar refractivity (Wildman–Crippen MR) is 70.8 cm³/mol. The van der Waals surface area contributed by atoms with Gasteiger partial charge in [0.15, 0.2) is 0 Å². The maximum absolute atomic E-state index is 10.7. The number of ether oxygens (including phenoxy) is 2. The summed E-state index contributed by atoms with van der Waals surface area (Å²) in [5.74, 6) is 0. The Morgan fingerprint density at radius 3 is 2.83 bits per heavy atom. The molecule has 1 amide bonds. The lowest BCUT2D eigenvalue weighted by molar-refractivity contribution is 0.0750. The molecule has 1 aromatic rings. The Morgan fingerprint density at radius 2 is 2.17 bits per heavy atom. The third-order valence-corrected chi connectivity index (χ3v) is 2.61. The van der Waals surface area contributed by atoms with Crippen molar-refractivity contribution in [2.24, 2.45) is 0 Å². The third kappa shape index (κ3) is 5.25. The van der Waals surface area contributed by atoms with Gasteiger partial charge in [0.1, 0.15) is 6.61 Å². The van der Waals surface area contributed by atoms with Gasteiger partial charge in [-0.15, -0.1) is 0 Å². The normalized spacial score (nSPS) is 10.1. The fourth-order valence-electron chi connectivity index (χ4n) is 1.32. The fraction of sp³-hybridized carbons (Fsp3) is 0.417. The number of amides is 1. The van der Waals surface area contributed by atoms with Crippen LogP contribution in [0.25, 0.3) is 0 Å². The molecule has 0 heterocycles. The van der Waals surface area contributed by atoms with Crippen molar-refractivity contribution in [3.63, 3.8) is 0 Å². The first-order chi connectivity index (χ1) is 8.63. The highest BCUT2D eigenvalue weighted by Crippen LogP contribution is 2.19. The minimum Gasteiger partial charge on any atom is -0.447 e. The highest BCUT2D eigenvalue weighted by molar-refractivity contribution is 6.31. The van der Waals surface area contributed by atoms with Gasteiger partial charge in [0.05, 0.1) is 13.2 Å². The highest BCUT2D eigenvalue weighted by atomic mass is 35.5. The van der Waals surface area contributed by atoms with Crippen LogP contribution >= 0.6 is 11.6 Å². The zero-order chi connectivity index (χ0) is 13.4. The number of benzene rings is 1. The van der Waals surface area contributed by atoms with Crippen molar-refractivity contribution in [2.45, 2.75) is 6.42 Å². The van der Waals surface area contributed by atoms with E-state index in [0.29, 0.717) is 30.3 Å². The van der Waals surface area contributed by atoms with E-state index < -0.39 is 6.09 Å². The van der Waals surface area contributed by atoms with Crippen LogP contribution in [0.3, 0.4) is 0 Å². The molecule has 0 atom stereocenters. The van der Waals surface area contributed by atoms with Crippen molar-refractivity contribution in [1.29, 1.82) is 0 Å². The summed E-state index contributed by atoms with van der Waals surface area (Å²) in [7, 11) is 1.51. The summed E-state index contributed by atoms with van der Waals surface area (Å²) in [6.45, 7) is 1.11. The number of nitrogens with one attached hydrogen (secondary N) is 1. The van der Waals surface area contributed by atoms with Crippen molar-refractivity contribution in [2.75, 3.05) is 32.6 Å². The van der Waals surface area contributed by atoms with E-state index in [-0.39, 0.29) is 6.61 Å². The van der Waals surface area contributed by atoms with E-state index in [1.165, 1.54) is 7.05 Å². The molecular formula is C12H17ClN2O3. The lowest BCUT2D eigenvalue weighted by Gasteiger charge is -2.07. The second kappa shape index (κ2) is 7.79. The van der Waals surface area contributed by atoms with E-state index in [1.54, 1.807) is 12.1 Å². The smallest absolute Gasteiger partial charge is 0.406 e. The zero-order valence-electron chi connectivity index (χ0n) is 10.2. The van der Waals surface area contributed by atoms with Gasteiger partial charge < -0.3 is 20.5 Å². The van der Waals surface area contributed by atoms with Gasteiger partial charge in [0, 0.05) is 17.8 Å². The Hall–Kier alpha value is -1.46. The van der Waals surface area contributed by atoms with Crippen LogP contribution in [-0.4, -0.2) is 33.0 Å². The van der Waals surface area contributed by atoms with Gasteiger partial charge in [0.2, 0.25) is 0 Å². The van der Waals surface area contributed by atoms with Gasteiger partial charge in [-0.1, -0.05) is 17.7 Å². The minimum atomic E-state index is -0.458. The molecule has 0 saturated heterocycles. The quantitative estimate of drug-likeness (QED) is 0.612. The first-order valence-electron chi connectivity index (χ1n) is 5.59. The molecule has 0 saturated carbocycles. The standard InChI is InChI=1S/C12H17ClN2O3/c1-15-12(16)18-7-6-17-5-4-9-2-3-10(14)8-11(9)13/h2-3,8H,4-7,14H2,1H3,(H,15,16). The van der Waals surface area contributed by atoms with Gasteiger partial charge in [0.25, 0.3) is 0 Å². The van der Waals surface area contributed by atoms with Gasteiger partial charge >= 0.3 is 6.09 Å². The molecule has 0 unspecified atom stereocenters. The van der Waals surface area contributed by atoms with Crippen LogP contribution < -0.4 is 11.1 Å². The van der Waals surface area contributed by atoms with E-state index in [4.69, 9.17) is 26.8 Å². The molecule has 5 nitrogen and oxygen atoms in total. The molecule has 0 spiro atoms. The lowest BCUT2D eigenvalue weighted by atomic mass is 10.1. The molecule has 0 aromatic heterocycles. The zero-order valence-corrected chi connectivity index (χ0v) is 11.0. The monoisotopic (exact) mass is 272 g/mol. The number of halogens is 1. The van der Waals surface area contributed by atoms with Crippen LogP contribution in [0.5, 0.6) is 0 Å². The fourth-order valence-corrected chi connectivity index (χ4v) is 1.60. The van der Waals surface area contributed by atoms with Gasteiger partial charge in [-0.3, -0.25) is 0 Å². The molecule has 0 aliphatic heterocycles. The summed E-state index contributed by atoms with van der Waals surface area (Å²) < 4.78 is 10.1. The maximum atomic E-state index is 10.7. The number of nitrogens with two attached hydrogens (primary N) is 1. The largest absolute Gasteiger partial charge is 0.447 e. The molecule has 0 aliphatic rings. The Morgan fingerprint density at radius 1 is 1.39 bits per heavy atom. The lowest BCUT2D eigenvalue weighted by Crippen LogP contribution is -2.21. The van der Waals surface area contributed by atoms with Crippen molar-refractivity contribution < 1.29 is 14.3 Å². The molecular weight excluding hydrogens is 256 g/mol. The first kappa shape index (κ1) is 14.6. The molecule has 100 valence electrons. The topological polar surface area (TPSA) is 73.6 Å². The van der Waals surface area contributed by atoms with E-state index in [0.717, 1.165) is 5.56 Å². The van der Waals surface area contributed by atoms with Crippen molar-refractivity contribution >= 4 is 23.4 Å². The Kier molecular flexibility index (Phi) is 6.32. The first-order valence-corrected chi connectivity index (χ1v) is 5.97. The van der Waals surface area contributed by atoms with E-state index in [1.807, 2.05) is 6.07 Å². The summed E-state index contributed by atoms with van der Waals surface area (Å²) in [6.07, 6.45) is 0.235. The Labute approximate surface area is 111 Å². The SMILES string of the molecule is CNC(=O)OCCOCCc1ccc(N)cc1Cl. The average Bonchev–Trinajstić information content (AvgIpc) is 2.35. The van der Waals surface area contributed by atoms with Gasteiger partial charge in [-0.25, -0.2) is 4.79 Å². The molecule has 0 aliphatic carbocycles. The van der Waals surface area contributed by atoms with Crippen LogP contribution in [0.2, 0.25) is 5.02 Å². The summed E-state index contributed by atoms with van der Waals surface area (Å²) >= 11 is 6.02. The maximum Gasteiger partial charge on any atom is 0.406 e. The van der Waals surface area contributed by atoms with Crippen LogP contribution in [0.1, 0.15) is 5.56 Å². The van der Waals surface area contributed by atoms with Crippen LogP contribution in [0, 0.1) is 0 Å². The number of anilines is 1. The molecule has 0 fully saturated rings. The number of alkyl carbamates (subject to hydrolysis) is 1. The van der Waals surface area contributed by atoms with Crippen LogP contribution in [-0.2, 0) is 15.9 Å². The number of carbonyl (C=O) groups is 1. The second-order valence-corrected chi connectivity index (χ2v) is 4.01. The van der Waals surface area contributed by atoms with Crippen molar-refractivity contribution in [3.05, 3.63) is 28.8 Å². The number of rotatable bonds is 6. The summed E-state index contributed by atoms with van der Waals surface area (Å²) in [6, 6.07) is 5.39. The predicted octanol–water partition coefficient (Wildman–Crippen LogP) is 1.84. The third-order valence-electron chi connectivity index (χ3n) is 2.26. The molecule has 3 N–H and O–H groups in total. The van der Waals surface area contributed by atoms with E-state index >= 15 is 0 Å². The Balaban J connectivity index is 2.16. The van der Waals surface area contributed by atoms with Crippen molar-refractivity contribution in [3.8, 4) is 0 Å². The van der Waals surface area contributed by atoms with Gasteiger partial charge in [-0.2, -0.15) is 0 Å². The molecule has 1 rings (SSSR count). The number of carbonyl (C=O) groups excluding carboxylic acids is 1. The number of hydrogen-bond donors (Lipinski definition) is 2. The molecule has 18 heavy (non-hydrogen) atoms. The summed E-state index contributed by atoms with van der Waals surface area (Å²) in [4.78, 5) is 10.7. The molecule has 0 bridgehead atoms. The average molecular weight is 273 g/mol.